The summed E-state index contributed by atoms with van der Waals surface area (Å²) >= 11 is 13.6. The molecule has 1 aromatic heterocycles. The van der Waals surface area contributed by atoms with Gasteiger partial charge in [0.15, 0.2) is 0 Å². The van der Waals surface area contributed by atoms with Gasteiger partial charge in [-0.2, -0.15) is 0 Å². The molecule has 1 aliphatic rings. The van der Waals surface area contributed by atoms with Crippen LogP contribution in [-0.4, -0.2) is 27.7 Å². The molecular formula is C16H16Cl2N2OS. The van der Waals surface area contributed by atoms with E-state index < -0.39 is 0 Å². The predicted octanol–water partition coefficient (Wildman–Crippen LogP) is 4.49. The van der Waals surface area contributed by atoms with Gasteiger partial charge in [0.05, 0.1) is 16.8 Å². The fourth-order valence-corrected chi connectivity index (χ4v) is 4.11. The van der Waals surface area contributed by atoms with Gasteiger partial charge in [-0.3, -0.25) is 4.79 Å². The first kappa shape index (κ1) is 15.8. The van der Waals surface area contributed by atoms with Gasteiger partial charge >= 0.3 is 0 Å². The van der Waals surface area contributed by atoms with E-state index in [0.29, 0.717) is 15.8 Å². The molecule has 0 N–H and O–H groups in total. The molecule has 3 nitrogen and oxygen atoms in total. The molecule has 0 saturated heterocycles. The second-order valence-corrected chi connectivity index (χ2v) is 7.11. The zero-order chi connectivity index (χ0) is 15.7. The molecule has 0 bridgehead atoms. The SMILES string of the molecule is CC1c2cccn2CCN1C(=O)CSc1cc(Cl)ccc1Cl. The number of hydrogen-bond donors (Lipinski definition) is 0. The fraction of sp³-hybridized carbons (Fsp3) is 0.312. The quantitative estimate of drug-likeness (QED) is 0.758. The number of halogens is 2. The number of thioether (sulfide) groups is 1. The van der Waals surface area contributed by atoms with Gasteiger partial charge in [-0.15, -0.1) is 11.8 Å². The molecule has 2 heterocycles. The first-order valence-corrected chi connectivity index (χ1v) is 8.83. The summed E-state index contributed by atoms with van der Waals surface area (Å²) in [6.45, 7) is 3.66. The highest BCUT2D eigenvalue weighted by Gasteiger charge is 2.27. The van der Waals surface area contributed by atoms with Gasteiger partial charge in [0, 0.05) is 34.9 Å². The molecule has 0 radical (unpaired) electrons. The Hall–Kier alpha value is -1.10. The van der Waals surface area contributed by atoms with Crippen molar-refractivity contribution in [3.63, 3.8) is 0 Å². The smallest absolute Gasteiger partial charge is 0.233 e. The molecule has 6 heteroatoms. The normalized spacial score (nSPS) is 17.4. The van der Waals surface area contributed by atoms with Crippen molar-refractivity contribution in [3.05, 3.63) is 52.3 Å². The second kappa shape index (κ2) is 6.57. The Kier molecular flexibility index (Phi) is 4.71. The number of fused-ring (bicyclic) bond motifs is 1. The van der Waals surface area contributed by atoms with E-state index in [1.165, 1.54) is 17.5 Å². The highest BCUT2D eigenvalue weighted by atomic mass is 35.5. The Morgan fingerprint density at radius 3 is 2.95 bits per heavy atom. The average Bonchev–Trinajstić information content (AvgIpc) is 2.98. The van der Waals surface area contributed by atoms with Crippen LogP contribution in [0.1, 0.15) is 18.7 Å². The fourth-order valence-electron chi connectivity index (χ4n) is 2.73. The van der Waals surface area contributed by atoms with E-state index in [0.717, 1.165) is 18.0 Å². The van der Waals surface area contributed by atoms with Crippen LogP contribution in [0.2, 0.25) is 10.0 Å². The van der Waals surface area contributed by atoms with Crippen LogP contribution in [0.5, 0.6) is 0 Å². The topological polar surface area (TPSA) is 25.2 Å². The summed E-state index contributed by atoms with van der Waals surface area (Å²) in [4.78, 5) is 15.3. The molecule has 1 amide bonds. The number of hydrogen-bond acceptors (Lipinski definition) is 2. The minimum atomic E-state index is 0.103. The third kappa shape index (κ3) is 3.14. The summed E-state index contributed by atoms with van der Waals surface area (Å²) in [7, 11) is 0. The number of carbonyl (C=O) groups is 1. The summed E-state index contributed by atoms with van der Waals surface area (Å²) in [5, 5.41) is 1.26. The Bertz CT molecular complexity index is 701. The number of amides is 1. The molecule has 1 atom stereocenters. The molecule has 0 spiro atoms. The van der Waals surface area contributed by atoms with Crippen molar-refractivity contribution in [2.45, 2.75) is 24.4 Å². The van der Waals surface area contributed by atoms with E-state index >= 15 is 0 Å². The van der Waals surface area contributed by atoms with Crippen LogP contribution in [0, 0.1) is 0 Å². The van der Waals surface area contributed by atoms with Crippen LogP contribution < -0.4 is 0 Å². The molecule has 0 aliphatic carbocycles. The maximum atomic E-state index is 12.5. The number of nitrogens with zero attached hydrogens (tertiary/aromatic N) is 2. The minimum absolute atomic E-state index is 0.103. The lowest BCUT2D eigenvalue weighted by Crippen LogP contribution is -2.41. The van der Waals surface area contributed by atoms with E-state index in [4.69, 9.17) is 23.2 Å². The maximum Gasteiger partial charge on any atom is 0.233 e. The van der Waals surface area contributed by atoms with Crippen LogP contribution in [0.25, 0.3) is 0 Å². The van der Waals surface area contributed by atoms with Gasteiger partial charge in [-0.25, -0.2) is 0 Å². The Labute approximate surface area is 144 Å². The lowest BCUT2D eigenvalue weighted by Gasteiger charge is -2.35. The van der Waals surface area contributed by atoms with E-state index in [9.17, 15) is 4.79 Å². The van der Waals surface area contributed by atoms with E-state index in [2.05, 4.69) is 23.8 Å². The molecule has 0 saturated carbocycles. The molecule has 22 heavy (non-hydrogen) atoms. The minimum Gasteiger partial charge on any atom is -0.348 e. The van der Waals surface area contributed by atoms with Crippen molar-refractivity contribution in [2.24, 2.45) is 0 Å². The largest absolute Gasteiger partial charge is 0.348 e. The summed E-state index contributed by atoms with van der Waals surface area (Å²) in [6.07, 6.45) is 2.06. The Morgan fingerprint density at radius 2 is 2.14 bits per heavy atom. The molecule has 1 unspecified atom stereocenters. The van der Waals surface area contributed by atoms with Gasteiger partial charge in [0.2, 0.25) is 5.91 Å². The van der Waals surface area contributed by atoms with Crippen molar-refractivity contribution < 1.29 is 4.79 Å². The van der Waals surface area contributed by atoms with Gasteiger partial charge in [-0.05, 0) is 37.3 Å². The number of carbonyl (C=O) groups excluding carboxylic acids is 1. The zero-order valence-electron chi connectivity index (χ0n) is 12.1. The summed E-state index contributed by atoms with van der Waals surface area (Å²) in [5.74, 6) is 0.492. The van der Waals surface area contributed by atoms with E-state index in [-0.39, 0.29) is 11.9 Å². The van der Waals surface area contributed by atoms with Gasteiger partial charge < -0.3 is 9.47 Å². The predicted molar refractivity (Wildman–Crippen MR) is 91.7 cm³/mol. The van der Waals surface area contributed by atoms with Crippen molar-refractivity contribution in [1.29, 1.82) is 0 Å². The Balaban J connectivity index is 1.67. The van der Waals surface area contributed by atoms with E-state index in [1.54, 1.807) is 18.2 Å². The van der Waals surface area contributed by atoms with Crippen LogP contribution in [0.15, 0.2) is 41.4 Å². The third-order valence-electron chi connectivity index (χ3n) is 3.91. The van der Waals surface area contributed by atoms with Gasteiger partial charge in [0.25, 0.3) is 0 Å². The number of aromatic nitrogens is 1. The van der Waals surface area contributed by atoms with Crippen molar-refractivity contribution in [3.8, 4) is 0 Å². The highest BCUT2D eigenvalue weighted by molar-refractivity contribution is 8.00. The Morgan fingerprint density at radius 1 is 1.32 bits per heavy atom. The van der Waals surface area contributed by atoms with Crippen LogP contribution in [0.4, 0.5) is 0 Å². The number of benzene rings is 1. The van der Waals surface area contributed by atoms with Crippen LogP contribution >= 0.6 is 35.0 Å². The van der Waals surface area contributed by atoms with Crippen molar-refractivity contribution in [1.82, 2.24) is 9.47 Å². The average molecular weight is 355 g/mol. The molecule has 0 fully saturated rings. The maximum absolute atomic E-state index is 12.5. The molecule has 116 valence electrons. The first-order chi connectivity index (χ1) is 10.6. The van der Waals surface area contributed by atoms with Crippen LogP contribution in [-0.2, 0) is 11.3 Å². The van der Waals surface area contributed by atoms with Crippen molar-refractivity contribution >= 4 is 40.9 Å². The first-order valence-electron chi connectivity index (χ1n) is 7.08. The van der Waals surface area contributed by atoms with Crippen LogP contribution in [0.3, 0.4) is 0 Å². The second-order valence-electron chi connectivity index (χ2n) is 5.25. The molecular weight excluding hydrogens is 339 g/mol. The molecule has 1 aliphatic heterocycles. The zero-order valence-corrected chi connectivity index (χ0v) is 14.5. The number of rotatable bonds is 3. The summed E-state index contributed by atoms with van der Waals surface area (Å²) in [6, 6.07) is 9.51. The molecule has 1 aromatic carbocycles. The third-order valence-corrected chi connectivity index (χ3v) is 5.62. The summed E-state index contributed by atoms with van der Waals surface area (Å²) < 4.78 is 2.20. The lowest BCUT2D eigenvalue weighted by molar-refractivity contribution is -0.131. The molecule has 3 rings (SSSR count). The van der Waals surface area contributed by atoms with Crippen molar-refractivity contribution in [2.75, 3.05) is 12.3 Å². The monoisotopic (exact) mass is 354 g/mol. The molecule has 2 aromatic rings. The standard InChI is InChI=1S/C16H16Cl2N2OS/c1-11-14-3-2-6-19(14)7-8-20(11)16(21)10-22-15-9-12(17)4-5-13(15)18/h2-6,9,11H,7-8,10H2,1H3. The van der Waals surface area contributed by atoms with Gasteiger partial charge in [0.1, 0.15) is 0 Å². The van der Waals surface area contributed by atoms with E-state index in [1.807, 2.05) is 11.0 Å². The lowest BCUT2D eigenvalue weighted by atomic mass is 10.1. The highest BCUT2D eigenvalue weighted by Crippen LogP contribution is 2.31. The van der Waals surface area contributed by atoms with Gasteiger partial charge in [-0.1, -0.05) is 23.2 Å². The summed E-state index contributed by atoms with van der Waals surface area (Å²) in [5.41, 5.74) is 1.19.